The number of nitrogens with two attached hydrogens (primary N) is 1. The SMILES string of the molecule is NCCN(Cc1ccc(Cl)nc1)Cc1noc(-c2ccc(C(F)(F)F)cc2)n1. The maximum atomic E-state index is 12.7. The highest BCUT2D eigenvalue weighted by Crippen LogP contribution is 2.30. The summed E-state index contributed by atoms with van der Waals surface area (Å²) in [5, 5.41) is 4.32. The molecule has 6 nitrogen and oxygen atoms in total. The zero-order valence-electron chi connectivity index (χ0n) is 14.7. The number of benzene rings is 1. The van der Waals surface area contributed by atoms with Crippen LogP contribution in [0.25, 0.3) is 11.5 Å². The quantitative estimate of drug-likeness (QED) is 0.596. The van der Waals surface area contributed by atoms with Crippen LogP contribution in [0.4, 0.5) is 13.2 Å². The van der Waals surface area contributed by atoms with Gasteiger partial charge in [0.1, 0.15) is 5.15 Å². The molecule has 0 unspecified atom stereocenters. The Kier molecular flexibility index (Phi) is 6.28. The molecule has 0 aliphatic rings. The zero-order chi connectivity index (χ0) is 20.1. The van der Waals surface area contributed by atoms with Gasteiger partial charge in [-0.2, -0.15) is 18.2 Å². The lowest BCUT2D eigenvalue weighted by Gasteiger charge is -2.19. The predicted octanol–water partition coefficient (Wildman–Crippen LogP) is 3.76. The molecule has 0 fully saturated rings. The van der Waals surface area contributed by atoms with E-state index in [1.54, 1.807) is 12.3 Å². The van der Waals surface area contributed by atoms with E-state index >= 15 is 0 Å². The van der Waals surface area contributed by atoms with Crippen LogP contribution in [0.1, 0.15) is 17.0 Å². The third-order valence-electron chi connectivity index (χ3n) is 3.93. The zero-order valence-corrected chi connectivity index (χ0v) is 15.4. The van der Waals surface area contributed by atoms with Crippen LogP contribution in [-0.4, -0.2) is 33.1 Å². The van der Waals surface area contributed by atoms with E-state index in [4.69, 9.17) is 21.9 Å². The van der Waals surface area contributed by atoms with Gasteiger partial charge in [0.05, 0.1) is 12.1 Å². The minimum Gasteiger partial charge on any atom is -0.334 e. The molecule has 0 saturated heterocycles. The highest BCUT2D eigenvalue weighted by molar-refractivity contribution is 6.29. The summed E-state index contributed by atoms with van der Waals surface area (Å²) in [6, 6.07) is 8.13. The first-order valence-corrected chi connectivity index (χ1v) is 8.76. The van der Waals surface area contributed by atoms with Crippen molar-refractivity contribution < 1.29 is 17.7 Å². The first kappa shape index (κ1) is 20.2. The molecule has 148 valence electrons. The van der Waals surface area contributed by atoms with Crippen LogP contribution < -0.4 is 5.73 Å². The van der Waals surface area contributed by atoms with Crippen molar-refractivity contribution in [1.82, 2.24) is 20.0 Å². The monoisotopic (exact) mass is 411 g/mol. The Hall–Kier alpha value is -2.49. The third kappa shape index (κ3) is 5.28. The average molecular weight is 412 g/mol. The Morgan fingerprint density at radius 1 is 1.07 bits per heavy atom. The summed E-state index contributed by atoms with van der Waals surface area (Å²) in [6.45, 7) is 1.95. The summed E-state index contributed by atoms with van der Waals surface area (Å²) < 4.78 is 43.2. The van der Waals surface area contributed by atoms with Crippen LogP contribution in [0.3, 0.4) is 0 Å². The van der Waals surface area contributed by atoms with Crippen LogP contribution in [0.5, 0.6) is 0 Å². The van der Waals surface area contributed by atoms with Gasteiger partial charge >= 0.3 is 6.18 Å². The Morgan fingerprint density at radius 2 is 1.82 bits per heavy atom. The highest BCUT2D eigenvalue weighted by Gasteiger charge is 2.30. The lowest BCUT2D eigenvalue weighted by molar-refractivity contribution is -0.137. The van der Waals surface area contributed by atoms with E-state index in [-0.39, 0.29) is 5.89 Å². The number of pyridine rings is 1. The largest absolute Gasteiger partial charge is 0.416 e. The molecule has 0 amide bonds. The van der Waals surface area contributed by atoms with Crippen LogP contribution in [0.15, 0.2) is 47.1 Å². The van der Waals surface area contributed by atoms with Gasteiger partial charge < -0.3 is 10.3 Å². The molecule has 0 radical (unpaired) electrons. The summed E-state index contributed by atoms with van der Waals surface area (Å²) in [5.41, 5.74) is 6.30. The lowest BCUT2D eigenvalue weighted by atomic mass is 10.1. The van der Waals surface area contributed by atoms with Crippen LogP contribution in [-0.2, 0) is 19.3 Å². The Balaban J connectivity index is 1.70. The fourth-order valence-electron chi connectivity index (χ4n) is 2.59. The average Bonchev–Trinajstić information content (AvgIpc) is 3.12. The van der Waals surface area contributed by atoms with Gasteiger partial charge in [-0.15, -0.1) is 0 Å². The van der Waals surface area contributed by atoms with Crippen molar-refractivity contribution in [1.29, 1.82) is 0 Å². The van der Waals surface area contributed by atoms with Crippen molar-refractivity contribution in [3.8, 4) is 11.5 Å². The van der Waals surface area contributed by atoms with E-state index in [1.807, 2.05) is 11.0 Å². The summed E-state index contributed by atoms with van der Waals surface area (Å²) in [6.07, 6.45) is -2.71. The Bertz CT molecular complexity index is 897. The van der Waals surface area contributed by atoms with Gasteiger partial charge in [-0.3, -0.25) is 4.90 Å². The molecule has 0 aliphatic carbocycles. The molecule has 1 aromatic carbocycles. The maximum Gasteiger partial charge on any atom is 0.416 e. The van der Waals surface area contributed by atoms with E-state index in [0.29, 0.717) is 42.7 Å². The van der Waals surface area contributed by atoms with Gasteiger partial charge in [-0.05, 0) is 35.9 Å². The molecule has 10 heteroatoms. The topological polar surface area (TPSA) is 81.1 Å². The van der Waals surface area contributed by atoms with Crippen molar-refractivity contribution in [3.05, 3.63) is 64.7 Å². The molecule has 28 heavy (non-hydrogen) atoms. The molecule has 3 rings (SSSR count). The molecule has 2 N–H and O–H groups in total. The van der Waals surface area contributed by atoms with Crippen LogP contribution in [0.2, 0.25) is 5.15 Å². The number of aromatic nitrogens is 3. The number of nitrogens with zero attached hydrogens (tertiary/aromatic N) is 4. The fourth-order valence-corrected chi connectivity index (χ4v) is 2.70. The van der Waals surface area contributed by atoms with Crippen molar-refractivity contribution in [2.24, 2.45) is 5.73 Å². The normalized spacial score (nSPS) is 11.9. The molecule has 0 bridgehead atoms. The molecule has 3 aromatic rings. The summed E-state index contributed by atoms with van der Waals surface area (Å²) in [4.78, 5) is 10.3. The van der Waals surface area contributed by atoms with Gasteiger partial charge in [0.2, 0.25) is 0 Å². The lowest BCUT2D eigenvalue weighted by Crippen LogP contribution is -2.29. The minimum absolute atomic E-state index is 0.157. The van der Waals surface area contributed by atoms with Crippen molar-refractivity contribution in [2.75, 3.05) is 13.1 Å². The number of halogens is 4. The van der Waals surface area contributed by atoms with Gasteiger partial charge in [0, 0.05) is 31.4 Å². The van der Waals surface area contributed by atoms with E-state index in [1.165, 1.54) is 12.1 Å². The second-order valence-electron chi connectivity index (χ2n) is 6.08. The van der Waals surface area contributed by atoms with Crippen molar-refractivity contribution in [2.45, 2.75) is 19.3 Å². The predicted molar refractivity (Wildman–Crippen MR) is 97.2 cm³/mol. The summed E-state index contributed by atoms with van der Waals surface area (Å²) in [7, 11) is 0. The molecule has 0 saturated carbocycles. The first-order valence-electron chi connectivity index (χ1n) is 8.38. The van der Waals surface area contributed by atoms with Gasteiger partial charge in [-0.1, -0.05) is 22.8 Å². The second kappa shape index (κ2) is 8.68. The van der Waals surface area contributed by atoms with E-state index in [2.05, 4.69) is 15.1 Å². The molecule has 0 aliphatic heterocycles. The smallest absolute Gasteiger partial charge is 0.334 e. The van der Waals surface area contributed by atoms with Gasteiger partial charge in [0.15, 0.2) is 5.82 Å². The molecule has 0 atom stereocenters. The second-order valence-corrected chi connectivity index (χ2v) is 6.47. The Morgan fingerprint density at radius 3 is 2.43 bits per heavy atom. The molecule has 2 aromatic heterocycles. The Labute approximate surface area is 164 Å². The first-order chi connectivity index (χ1) is 13.3. The van der Waals surface area contributed by atoms with Crippen molar-refractivity contribution in [3.63, 3.8) is 0 Å². The minimum atomic E-state index is -4.39. The maximum absolute atomic E-state index is 12.7. The summed E-state index contributed by atoms with van der Waals surface area (Å²) in [5.74, 6) is 0.565. The van der Waals surface area contributed by atoms with Crippen molar-refractivity contribution >= 4 is 11.6 Å². The number of hydrogen-bond acceptors (Lipinski definition) is 6. The van der Waals surface area contributed by atoms with Gasteiger partial charge in [0.25, 0.3) is 5.89 Å². The number of rotatable bonds is 7. The van der Waals surface area contributed by atoms with E-state index < -0.39 is 11.7 Å². The molecular weight excluding hydrogens is 395 g/mol. The molecule has 2 heterocycles. The molecule has 0 spiro atoms. The van der Waals surface area contributed by atoms with Crippen LogP contribution in [0, 0.1) is 0 Å². The third-order valence-corrected chi connectivity index (χ3v) is 4.16. The number of hydrogen-bond donors (Lipinski definition) is 1. The summed E-state index contributed by atoms with van der Waals surface area (Å²) >= 11 is 5.80. The highest BCUT2D eigenvalue weighted by atomic mass is 35.5. The number of alkyl halides is 3. The van der Waals surface area contributed by atoms with E-state index in [9.17, 15) is 13.2 Å². The standard InChI is InChI=1S/C18H17ClF3N5O/c19-15-6-1-12(9-24-15)10-27(8-7-23)11-16-25-17(28-26-16)13-2-4-14(5-3-13)18(20,21)22/h1-6,9H,7-8,10-11,23H2. The van der Waals surface area contributed by atoms with Gasteiger partial charge in [-0.25, -0.2) is 4.98 Å². The fraction of sp³-hybridized carbons (Fsp3) is 0.278. The van der Waals surface area contributed by atoms with E-state index in [0.717, 1.165) is 17.7 Å². The molecular formula is C18H17ClF3N5O. The van der Waals surface area contributed by atoms with Crippen LogP contribution >= 0.6 is 11.6 Å².